The molecule has 1 amide bonds. The number of nitrogens with one attached hydrogen (secondary N) is 1. The first-order valence-corrected chi connectivity index (χ1v) is 8.25. The Kier molecular flexibility index (Phi) is 4.86. The molecule has 2 aromatic rings. The number of halogens is 1. The number of amides is 1. The number of carbonyl (C=O) groups excluding carboxylic acids is 2. The highest BCUT2D eigenvalue weighted by Crippen LogP contribution is 2.23. The highest BCUT2D eigenvalue weighted by Gasteiger charge is 2.16. The van der Waals surface area contributed by atoms with E-state index in [1.165, 1.54) is 11.1 Å². The van der Waals surface area contributed by atoms with E-state index in [1.54, 1.807) is 18.2 Å². The third kappa shape index (κ3) is 3.77. The van der Waals surface area contributed by atoms with Crippen molar-refractivity contribution in [2.75, 3.05) is 11.9 Å². The van der Waals surface area contributed by atoms with Crippen molar-refractivity contribution in [1.29, 1.82) is 0 Å². The molecule has 1 aliphatic carbocycles. The lowest BCUT2D eigenvalue weighted by Gasteiger charge is -2.10. The van der Waals surface area contributed by atoms with Crippen molar-refractivity contribution in [3.05, 3.63) is 63.7 Å². The normalized spacial score (nSPS) is 12.6. The van der Waals surface area contributed by atoms with Gasteiger partial charge in [0.05, 0.1) is 5.56 Å². The maximum atomic E-state index is 12.1. The monoisotopic (exact) mass is 343 g/mol. The maximum Gasteiger partial charge on any atom is 0.338 e. The predicted molar refractivity (Wildman–Crippen MR) is 93.6 cm³/mol. The van der Waals surface area contributed by atoms with E-state index < -0.39 is 11.9 Å². The summed E-state index contributed by atoms with van der Waals surface area (Å²) < 4.78 is 5.11. The number of carbonyl (C=O) groups is 2. The van der Waals surface area contributed by atoms with Gasteiger partial charge in [-0.3, -0.25) is 4.79 Å². The fourth-order valence-corrected chi connectivity index (χ4v) is 3.00. The molecule has 3 rings (SSSR count). The van der Waals surface area contributed by atoms with Gasteiger partial charge in [0.1, 0.15) is 0 Å². The minimum atomic E-state index is -0.484. The van der Waals surface area contributed by atoms with Crippen LogP contribution in [0.1, 0.15) is 33.5 Å². The van der Waals surface area contributed by atoms with Crippen molar-refractivity contribution in [3.8, 4) is 0 Å². The lowest BCUT2D eigenvalue weighted by molar-refractivity contribution is -0.119. The Bertz CT molecular complexity index is 801. The molecule has 0 fully saturated rings. The van der Waals surface area contributed by atoms with Gasteiger partial charge < -0.3 is 10.1 Å². The molecule has 0 aromatic heterocycles. The average molecular weight is 344 g/mol. The Morgan fingerprint density at radius 2 is 1.92 bits per heavy atom. The lowest BCUT2D eigenvalue weighted by Crippen LogP contribution is -2.21. The molecule has 0 saturated carbocycles. The van der Waals surface area contributed by atoms with E-state index in [-0.39, 0.29) is 6.61 Å². The quantitative estimate of drug-likeness (QED) is 0.856. The summed E-state index contributed by atoms with van der Waals surface area (Å²) in [6, 6.07) is 10.8. The Morgan fingerprint density at radius 1 is 1.12 bits per heavy atom. The molecular weight excluding hydrogens is 326 g/mol. The number of anilines is 1. The van der Waals surface area contributed by atoms with Crippen LogP contribution in [0, 0.1) is 6.92 Å². The minimum Gasteiger partial charge on any atom is -0.452 e. The van der Waals surface area contributed by atoms with Crippen molar-refractivity contribution in [1.82, 2.24) is 0 Å². The molecule has 1 N–H and O–H groups in total. The molecule has 2 aromatic carbocycles. The van der Waals surface area contributed by atoms with Gasteiger partial charge in [0, 0.05) is 10.7 Å². The molecule has 0 heterocycles. The Hall–Kier alpha value is -2.33. The molecule has 0 bridgehead atoms. The lowest BCUT2D eigenvalue weighted by atomic mass is 10.1. The first kappa shape index (κ1) is 16.5. The second-order valence-electron chi connectivity index (χ2n) is 5.92. The second-order valence-corrected chi connectivity index (χ2v) is 6.36. The molecule has 5 heteroatoms. The van der Waals surface area contributed by atoms with Gasteiger partial charge in [-0.15, -0.1) is 0 Å². The van der Waals surface area contributed by atoms with Crippen LogP contribution in [0.5, 0.6) is 0 Å². The second kappa shape index (κ2) is 7.05. The summed E-state index contributed by atoms with van der Waals surface area (Å²) in [5.41, 5.74) is 4.48. The van der Waals surface area contributed by atoms with Gasteiger partial charge in [-0.05, 0) is 67.1 Å². The van der Waals surface area contributed by atoms with Gasteiger partial charge in [-0.1, -0.05) is 23.7 Å². The van der Waals surface area contributed by atoms with E-state index in [2.05, 4.69) is 5.32 Å². The van der Waals surface area contributed by atoms with Gasteiger partial charge in [0.25, 0.3) is 5.91 Å². The molecule has 0 spiro atoms. The largest absolute Gasteiger partial charge is 0.452 e. The Labute approximate surface area is 145 Å². The molecule has 124 valence electrons. The van der Waals surface area contributed by atoms with Crippen LogP contribution in [0.4, 0.5) is 5.69 Å². The smallest absolute Gasteiger partial charge is 0.338 e. The van der Waals surface area contributed by atoms with Crippen LogP contribution in [-0.4, -0.2) is 18.5 Å². The van der Waals surface area contributed by atoms with Gasteiger partial charge in [-0.25, -0.2) is 4.79 Å². The number of benzene rings is 2. The Morgan fingerprint density at radius 3 is 2.75 bits per heavy atom. The number of ether oxygens (including phenoxy) is 1. The van der Waals surface area contributed by atoms with E-state index >= 15 is 0 Å². The molecule has 24 heavy (non-hydrogen) atoms. The third-order valence-electron chi connectivity index (χ3n) is 4.14. The van der Waals surface area contributed by atoms with E-state index in [1.807, 2.05) is 25.1 Å². The molecule has 0 saturated heterocycles. The van der Waals surface area contributed by atoms with Crippen LogP contribution in [0.25, 0.3) is 0 Å². The first-order valence-electron chi connectivity index (χ1n) is 7.88. The summed E-state index contributed by atoms with van der Waals surface area (Å²) in [5, 5.41) is 3.23. The SMILES string of the molecule is Cc1ccc(Cl)cc1NC(=O)COC(=O)c1ccc2c(c1)CCC2. The molecule has 0 atom stereocenters. The minimum absolute atomic E-state index is 0.331. The van der Waals surface area contributed by atoms with Crippen molar-refractivity contribution in [2.45, 2.75) is 26.2 Å². The topological polar surface area (TPSA) is 55.4 Å². The van der Waals surface area contributed by atoms with Crippen LogP contribution >= 0.6 is 11.6 Å². The Balaban J connectivity index is 1.58. The standard InChI is InChI=1S/C19H18ClNO3/c1-12-5-8-16(20)10-17(12)21-18(22)11-24-19(23)15-7-6-13-3-2-4-14(13)9-15/h5-10H,2-4,11H2,1H3,(H,21,22). The highest BCUT2D eigenvalue weighted by molar-refractivity contribution is 6.31. The molecule has 4 nitrogen and oxygen atoms in total. The number of aryl methyl sites for hydroxylation is 3. The van der Waals surface area contributed by atoms with Gasteiger partial charge in [0.2, 0.25) is 0 Å². The maximum absolute atomic E-state index is 12.1. The van der Waals surface area contributed by atoms with E-state index in [4.69, 9.17) is 16.3 Å². The van der Waals surface area contributed by atoms with Crippen molar-refractivity contribution < 1.29 is 14.3 Å². The van der Waals surface area contributed by atoms with E-state index in [9.17, 15) is 9.59 Å². The molecule has 0 aliphatic heterocycles. The van der Waals surface area contributed by atoms with Gasteiger partial charge in [-0.2, -0.15) is 0 Å². The predicted octanol–water partition coefficient (Wildman–Crippen LogP) is 3.93. The fourth-order valence-electron chi connectivity index (χ4n) is 2.83. The van der Waals surface area contributed by atoms with E-state index in [0.717, 1.165) is 24.8 Å². The number of hydrogen-bond donors (Lipinski definition) is 1. The highest BCUT2D eigenvalue weighted by atomic mass is 35.5. The number of esters is 1. The van der Waals surface area contributed by atoms with Crippen LogP contribution in [0.15, 0.2) is 36.4 Å². The number of rotatable bonds is 4. The number of hydrogen-bond acceptors (Lipinski definition) is 3. The van der Waals surface area contributed by atoms with Crippen LogP contribution < -0.4 is 5.32 Å². The molecule has 0 unspecified atom stereocenters. The van der Waals surface area contributed by atoms with Crippen LogP contribution in [-0.2, 0) is 22.4 Å². The van der Waals surface area contributed by atoms with Crippen molar-refractivity contribution >= 4 is 29.2 Å². The summed E-state index contributed by atoms with van der Waals surface area (Å²) in [4.78, 5) is 24.1. The summed E-state index contributed by atoms with van der Waals surface area (Å²) in [6.07, 6.45) is 3.17. The molecule has 0 radical (unpaired) electrons. The number of fused-ring (bicyclic) bond motifs is 1. The summed E-state index contributed by atoms with van der Waals surface area (Å²) in [5.74, 6) is -0.877. The summed E-state index contributed by atoms with van der Waals surface area (Å²) >= 11 is 5.92. The third-order valence-corrected chi connectivity index (χ3v) is 4.38. The zero-order chi connectivity index (χ0) is 17.1. The zero-order valence-electron chi connectivity index (χ0n) is 13.4. The first-order chi connectivity index (χ1) is 11.5. The zero-order valence-corrected chi connectivity index (χ0v) is 14.2. The van der Waals surface area contributed by atoms with Crippen molar-refractivity contribution in [3.63, 3.8) is 0 Å². The summed E-state index contributed by atoms with van der Waals surface area (Å²) in [7, 11) is 0. The summed E-state index contributed by atoms with van der Waals surface area (Å²) in [6.45, 7) is 1.53. The average Bonchev–Trinajstić information content (AvgIpc) is 3.03. The fraction of sp³-hybridized carbons (Fsp3) is 0.263. The van der Waals surface area contributed by atoms with E-state index in [0.29, 0.717) is 16.3 Å². The van der Waals surface area contributed by atoms with Crippen molar-refractivity contribution in [2.24, 2.45) is 0 Å². The van der Waals surface area contributed by atoms with Crippen LogP contribution in [0.2, 0.25) is 5.02 Å². The molecular formula is C19H18ClNO3. The van der Waals surface area contributed by atoms with Crippen LogP contribution in [0.3, 0.4) is 0 Å². The van der Waals surface area contributed by atoms with Gasteiger partial charge >= 0.3 is 5.97 Å². The van der Waals surface area contributed by atoms with Gasteiger partial charge in [0.15, 0.2) is 6.61 Å². The molecule has 1 aliphatic rings.